The predicted octanol–water partition coefficient (Wildman–Crippen LogP) is 0.623. The summed E-state index contributed by atoms with van der Waals surface area (Å²) in [6.07, 6.45) is 4.82. The van der Waals surface area contributed by atoms with E-state index in [0.717, 1.165) is 23.9 Å². The van der Waals surface area contributed by atoms with Crippen molar-refractivity contribution in [3.8, 4) is 0 Å². The minimum absolute atomic E-state index is 0.0441. The lowest BCUT2D eigenvalue weighted by molar-refractivity contribution is -0.124. The lowest BCUT2D eigenvalue weighted by Gasteiger charge is -2.41. The molecule has 1 amide bonds. The Bertz CT molecular complexity index is 718. The van der Waals surface area contributed by atoms with E-state index in [9.17, 15) is 9.59 Å². The van der Waals surface area contributed by atoms with Crippen molar-refractivity contribution in [2.24, 2.45) is 11.7 Å². The molecular weight excluding hydrogens is 256 g/mol. The van der Waals surface area contributed by atoms with Crippen molar-refractivity contribution >= 4 is 22.5 Å². The van der Waals surface area contributed by atoms with Crippen LogP contribution in [0.25, 0.3) is 10.9 Å². The number of nitrogens with zero attached hydrogens (tertiary/aromatic N) is 2. The Morgan fingerprint density at radius 1 is 1.50 bits per heavy atom. The lowest BCUT2D eigenvalue weighted by Crippen LogP contribution is -2.47. The summed E-state index contributed by atoms with van der Waals surface area (Å²) in [5.74, 6) is -0.285. The van der Waals surface area contributed by atoms with Crippen LogP contribution in [0, 0.1) is 5.92 Å². The SMILES string of the molecule is CN(c1cc(=O)[nH]c2cnccc12)C1CC(C(N)=O)C1. The van der Waals surface area contributed by atoms with Crippen LogP contribution in [0.2, 0.25) is 0 Å². The number of hydrogen-bond donors (Lipinski definition) is 2. The van der Waals surface area contributed by atoms with Gasteiger partial charge in [-0.25, -0.2) is 0 Å². The monoisotopic (exact) mass is 272 g/mol. The van der Waals surface area contributed by atoms with Crippen LogP contribution in [0.4, 0.5) is 5.69 Å². The van der Waals surface area contributed by atoms with Gasteiger partial charge < -0.3 is 15.6 Å². The molecule has 104 valence electrons. The summed E-state index contributed by atoms with van der Waals surface area (Å²) in [4.78, 5) is 31.7. The molecule has 20 heavy (non-hydrogen) atoms. The van der Waals surface area contributed by atoms with Crippen molar-refractivity contribution in [3.05, 3.63) is 34.9 Å². The summed E-state index contributed by atoms with van der Waals surface area (Å²) >= 11 is 0. The molecule has 0 bridgehead atoms. The maximum atomic E-state index is 11.7. The van der Waals surface area contributed by atoms with Gasteiger partial charge >= 0.3 is 0 Å². The van der Waals surface area contributed by atoms with Crippen LogP contribution in [0.15, 0.2) is 29.3 Å². The molecule has 2 aromatic rings. The normalized spacial score (nSPS) is 21.4. The Morgan fingerprint density at radius 3 is 2.95 bits per heavy atom. The van der Waals surface area contributed by atoms with Crippen LogP contribution in [0.1, 0.15) is 12.8 Å². The average molecular weight is 272 g/mol. The predicted molar refractivity (Wildman–Crippen MR) is 76.5 cm³/mol. The van der Waals surface area contributed by atoms with E-state index in [2.05, 4.69) is 14.9 Å². The minimum Gasteiger partial charge on any atom is -0.371 e. The van der Waals surface area contributed by atoms with E-state index in [-0.39, 0.29) is 23.4 Å². The molecule has 1 aliphatic carbocycles. The molecule has 0 radical (unpaired) electrons. The standard InChI is InChI=1S/C14H16N4O2/c1-18(9-4-8(5-9)14(15)20)12-6-13(19)17-11-7-16-3-2-10(11)12/h2-3,6-9H,4-5H2,1H3,(H2,15,20)(H,17,19). The number of aromatic amines is 1. The first kappa shape index (κ1) is 12.7. The van der Waals surface area contributed by atoms with Crippen LogP contribution in [-0.2, 0) is 4.79 Å². The first-order valence-corrected chi connectivity index (χ1v) is 6.55. The Hall–Kier alpha value is -2.37. The van der Waals surface area contributed by atoms with Gasteiger partial charge in [-0.2, -0.15) is 0 Å². The smallest absolute Gasteiger partial charge is 0.250 e. The summed E-state index contributed by atoms with van der Waals surface area (Å²) in [5, 5.41) is 0.949. The van der Waals surface area contributed by atoms with E-state index < -0.39 is 0 Å². The van der Waals surface area contributed by atoms with E-state index in [1.54, 1.807) is 18.5 Å². The Balaban J connectivity index is 1.94. The molecule has 2 heterocycles. The Kier molecular flexibility index (Phi) is 2.93. The number of nitrogens with one attached hydrogen (secondary N) is 1. The second-order valence-corrected chi connectivity index (χ2v) is 5.28. The highest BCUT2D eigenvalue weighted by atomic mass is 16.1. The zero-order valence-electron chi connectivity index (χ0n) is 11.2. The molecule has 0 aromatic carbocycles. The zero-order valence-corrected chi connectivity index (χ0v) is 11.2. The van der Waals surface area contributed by atoms with Crippen molar-refractivity contribution < 1.29 is 4.79 Å². The van der Waals surface area contributed by atoms with Gasteiger partial charge in [-0.15, -0.1) is 0 Å². The number of carbonyl (C=O) groups is 1. The maximum absolute atomic E-state index is 11.7. The van der Waals surface area contributed by atoms with Crippen LogP contribution in [-0.4, -0.2) is 29.0 Å². The lowest BCUT2D eigenvalue weighted by atomic mass is 9.79. The highest BCUT2D eigenvalue weighted by molar-refractivity contribution is 5.91. The Labute approximate surface area is 115 Å². The third-order valence-corrected chi connectivity index (χ3v) is 4.07. The molecule has 3 N–H and O–H groups in total. The number of fused-ring (bicyclic) bond motifs is 1. The number of hydrogen-bond acceptors (Lipinski definition) is 4. The van der Waals surface area contributed by atoms with Gasteiger partial charge in [0.25, 0.3) is 5.56 Å². The van der Waals surface area contributed by atoms with Crippen molar-refractivity contribution in [1.82, 2.24) is 9.97 Å². The van der Waals surface area contributed by atoms with Crippen molar-refractivity contribution in [2.45, 2.75) is 18.9 Å². The fraction of sp³-hybridized carbons (Fsp3) is 0.357. The molecule has 6 nitrogen and oxygen atoms in total. The van der Waals surface area contributed by atoms with Gasteiger partial charge in [-0.1, -0.05) is 0 Å². The molecule has 1 saturated carbocycles. The highest BCUT2D eigenvalue weighted by Crippen LogP contribution is 2.35. The number of rotatable bonds is 3. The van der Waals surface area contributed by atoms with Gasteiger partial charge in [-0.05, 0) is 18.9 Å². The number of aromatic nitrogens is 2. The summed E-state index contributed by atoms with van der Waals surface area (Å²) in [6.45, 7) is 0. The highest BCUT2D eigenvalue weighted by Gasteiger charge is 2.36. The summed E-state index contributed by atoms with van der Waals surface area (Å²) in [5.41, 5.74) is 6.71. The number of nitrogens with two attached hydrogens (primary N) is 1. The summed E-state index contributed by atoms with van der Waals surface area (Å²) < 4.78 is 0. The van der Waals surface area contributed by atoms with Gasteiger partial charge in [0.05, 0.1) is 17.4 Å². The van der Waals surface area contributed by atoms with Gasteiger partial charge in [0.2, 0.25) is 5.91 Å². The molecule has 6 heteroatoms. The third kappa shape index (κ3) is 2.03. The topological polar surface area (TPSA) is 92.1 Å². The van der Waals surface area contributed by atoms with Crippen LogP contribution < -0.4 is 16.2 Å². The number of pyridine rings is 2. The minimum atomic E-state index is -0.241. The van der Waals surface area contributed by atoms with Crippen molar-refractivity contribution in [3.63, 3.8) is 0 Å². The fourth-order valence-electron chi connectivity index (χ4n) is 2.71. The second kappa shape index (κ2) is 4.63. The van der Waals surface area contributed by atoms with E-state index in [0.29, 0.717) is 5.52 Å². The summed E-state index contributed by atoms with van der Waals surface area (Å²) in [7, 11) is 1.94. The van der Waals surface area contributed by atoms with E-state index in [4.69, 9.17) is 5.73 Å². The molecule has 0 atom stereocenters. The van der Waals surface area contributed by atoms with Crippen LogP contribution in [0.3, 0.4) is 0 Å². The molecule has 0 spiro atoms. The molecule has 0 unspecified atom stereocenters. The molecule has 0 saturated heterocycles. The quantitative estimate of drug-likeness (QED) is 0.857. The third-order valence-electron chi connectivity index (χ3n) is 4.07. The van der Waals surface area contributed by atoms with Gasteiger partial charge in [-0.3, -0.25) is 14.6 Å². The Morgan fingerprint density at radius 2 is 2.25 bits per heavy atom. The summed E-state index contributed by atoms with van der Waals surface area (Å²) in [6, 6.07) is 3.70. The number of carbonyl (C=O) groups excluding carboxylic acids is 1. The molecule has 2 aromatic heterocycles. The number of H-pyrrole nitrogens is 1. The molecular formula is C14H16N4O2. The van der Waals surface area contributed by atoms with E-state index in [1.807, 2.05) is 13.1 Å². The average Bonchev–Trinajstić information content (AvgIpc) is 2.35. The van der Waals surface area contributed by atoms with Crippen LogP contribution >= 0.6 is 0 Å². The first-order valence-electron chi connectivity index (χ1n) is 6.55. The fourth-order valence-corrected chi connectivity index (χ4v) is 2.71. The maximum Gasteiger partial charge on any atom is 0.250 e. The van der Waals surface area contributed by atoms with Gasteiger partial charge in [0.15, 0.2) is 0 Å². The molecule has 1 fully saturated rings. The number of amides is 1. The van der Waals surface area contributed by atoms with E-state index in [1.165, 1.54) is 0 Å². The van der Waals surface area contributed by atoms with Gasteiger partial charge in [0, 0.05) is 36.7 Å². The van der Waals surface area contributed by atoms with Crippen LogP contribution in [0.5, 0.6) is 0 Å². The largest absolute Gasteiger partial charge is 0.371 e. The number of primary amides is 1. The van der Waals surface area contributed by atoms with E-state index >= 15 is 0 Å². The molecule has 1 aliphatic rings. The zero-order chi connectivity index (χ0) is 14.3. The number of anilines is 1. The molecule has 0 aliphatic heterocycles. The van der Waals surface area contributed by atoms with Gasteiger partial charge in [0.1, 0.15) is 0 Å². The second-order valence-electron chi connectivity index (χ2n) is 5.28. The first-order chi connectivity index (χ1) is 9.56. The van der Waals surface area contributed by atoms with Crippen molar-refractivity contribution in [2.75, 3.05) is 11.9 Å². The molecule has 3 rings (SSSR count). The van der Waals surface area contributed by atoms with Crippen molar-refractivity contribution in [1.29, 1.82) is 0 Å².